The molecule has 0 bridgehead atoms. The van der Waals surface area contributed by atoms with Crippen LogP contribution in [0.1, 0.15) is 37.3 Å². The zero-order valence-corrected chi connectivity index (χ0v) is 13.5. The molecule has 1 amide bonds. The van der Waals surface area contributed by atoms with E-state index in [4.69, 9.17) is 0 Å². The average molecular weight is 339 g/mol. The van der Waals surface area contributed by atoms with E-state index in [9.17, 15) is 18.0 Å². The van der Waals surface area contributed by atoms with E-state index in [1.165, 1.54) is 6.07 Å². The quantitative estimate of drug-likeness (QED) is 0.749. The zero-order chi connectivity index (χ0) is 15.9. The molecule has 7 heteroatoms. The van der Waals surface area contributed by atoms with Crippen molar-refractivity contribution in [2.75, 3.05) is 19.6 Å². The first-order valence-corrected chi connectivity index (χ1v) is 6.99. The van der Waals surface area contributed by atoms with E-state index in [2.05, 4.69) is 10.6 Å². The lowest BCUT2D eigenvalue weighted by Gasteiger charge is -2.14. The number of hydrogen-bond acceptors (Lipinski definition) is 2. The highest BCUT2D eigenvalue weighted by Crippen LogP contribution is 2.31. The number of nitrogens with one attached hydrogen (secondary N) is 2. The van der Waals surface area contributed by atoms with Gasteiger partial charge in [0.2, 0.25) is 5.91 Å². The summed E-state index contributed by atoms with van der Waals surface area (Å²) in [5.74, 6) is -0.413. The van der Waals surface area contributed by atoms with Crippen LogP contribution in [0.25, 0.3) is 0 Å². The summed E-state index contributed by atoms with van der Waals surface area (Å²) in [6.07, 6.45) is -4.18. The van der Waals surface area contributed by atoms with Gasteiger partial charge < -0.3 is 10.6 Å². The molecule has 3 nitrogen and oxygen atoms in total. The summed E-state index contributed by atoms with van der Waals surface area (Å²) >= 11 is 0. The van der Waals surface area contributed by atoms with E-state index in [1.54, 1.807) is 13.0 Å². The molecule has 22 heavy (non-hydrogen) atoms. The fraction of sp³-hybridized carbons (Fsp3) is 0.533. The Morgan fingerprint density at radius 1 is 1.27 bits per heavy atom. The number of halogens is 4. The number of carbonyl (C=O) groups excluding carboxylic acids is 1. The minimum Gasteiger partial charge on any atom is -0.355 e. The van der Waals surface area contributed by atoms with Gasteiger partial charge in [0.25, 0.3) is 0 Å². The predicted molar refractivity (Wildman–Crippen MR) is 83.3 cm³/mol. The second-order valence-corrected chi connectivity index (χ2v) is 4.93. The number of hydrogen-bond donors (Lipinski definition) is 2. The van der Waals surface area contributed by atoms with Crippen LogP contribution in [-0.2, 0) is 11.0 Å². The molecule has 1 unspecified atom stereocenters. The lowest BCUT2D eigenvalue weighted by Crippen LogP contribution is -2.32. The van der Waals surface area contributed by atoms with Gasteiger partial charge in [0.15, 0.2) is 0 Å². The van der Waals surface area contributed by atoms with E-state index in [1.807, 2.05) is 6.92 Å². The summed E-state index contributed by atoms with van der Waals surface area (Å²) in [4.78, 5) is 11.7. The van der Waals surface area contributed by atoms with Gasteiger partial charge in [-0.3, -0.25) is 4.79 Å². The number of amides is 1. The third-order valence-corrected chi connectivity index (χ3v) is 3.15. The summed E-state index contributed by atoms with van der Waals surface area (Å²) in [6.45, 7) is 5.75. The Hall–Kier alpha value is -1.27. The second-order valence-electron chi connectivity index (χ2n) is 4.93. The maximum Gasteiger partial charge on any atom is 0.416 e. The van der Waals surface area contributed by atoms with Crippen molar-refractivity contribution >= 4 is 18.3 Å². The molecule has 1 rings (SSSR count). The van der Waals surface area contributed by atoms with Crippen LogP contribution in [0.4, 0.5) is 13.2 Å². The molecule has 1 atom stereocenters. The fourth-order valence-corrected chi connectivity index (χ4v) is 1.96. The summed E-state index contributed by atoms with van der Waals surface area (Å²) < 4.78 is 37.9. The normalized spacial score (nSPS) is 12.4. The van der Waals surface area contributed by atoms with Crippen LogP contribution >= 0.6 is 12.4 Å². The van der Waals surface area contributed by atoms with Crippen molar-refractivity contribution < 1.29 is 18.0 Å². The minimum absolute atomic E-state index is 0. The smallest absolute Gasteiger partial charge is 0.355 e. The number of carbonyl (C=O) groups is 1. The molecule has 0 aromatic heterocycles. The number of likely N-dealkylation sites (N-methyl/N-ethyl adjacent to an activating group) is 1. The van der Waals surface area contributed by atoms with Crippen molar-refractivity contribution in [2.24, 2.45) is 0 Å². The van der Waals surface area contributed by atoms with Gasteiger partial charge in [-0.1, -0.05) is 32.0 Å². The Morgan fingerprint density at radius 2 is 1.95 bits per heavy atom. The van der Waals surface area contributed by atoms with Gasteiger partial charge in [0.1, 0.15) is 0 Å². The van der Waals surface area contributed by atoms with Crippen molar-refractivity contribution in [3.63, 3.8) is 0 Å². The van der Waals surface area contributed by atoms with Crippen molar-refractivity contribution in [1.82, 2.24) is 10.6 Å². The molecule has 0 radical (unpaired) electrons. The number of alkyl halides is 3. The largest absolute Gasteiger partial charge is 0.416 e. The van der Waals surface area contributed by atoms with Crippen molar-refractivity contribution in [3.8, 4) is 0 Å². The van der Waals surface area contributed by atoms with Crippen LogP contribution in [-0.4, -0.2) is 25.5 Å². The SMILES string of the molecule is CCNCCNC(=O)CC(C)c1cccc(C(F)(F)F)c1.Cl. The summed E-state index contributed by atoms with van der Waals surface area (Å²) in [5.41, 5.74) is -0.161. The lowest BCUT2D eigenvalue weighted by atomic mass is 9.95. The molecular weight excluding hydrogens is 317 g/mol. The minimum atomic E-state index is -4.36. The topological polar surface area (TPSA) is 41.1 Å². The Balaban J connectivity index is 0.00000441. The van der Waals surface area contributed by atoms with E-state index in [0.29, 0.717) is 18.7 Å². The monoisotopic (exact) mass is 338 g/mol. The molecule has 0 aliphatic carbocycles. The van der Waals surface area contributed by atoms with Gasteiger partial charge >= 0.3 is 6.18 Å². The molecular formula is C15H22ClF3N2O. The van der Waals surface area contributed by atoms with Gasteiger partial charge in [-0.2, -0.15) is 13.2 Å². The first-order chi connectivity index (χ1) is 9.84. The Labute approximate surface area is 135 Å². The second kappa shape index (κ2) is 9.69. The molecule has 1 aromatic rings. The van der Waals surface area contributed by atoms with Gasteiger partial charge in [-0.25, -0.2) is 0 Å². The maximum atomic E-state index is 12.6. The summed E-state index contributed by atoms with van der Waals surface area (Å²) in [5, 5.41) is 5.81. The van der Waals surface area contributed by atoms with Crippen LogP contribution in [0.15, 0.2) is 24.3 Å². The predicted octanol–water partition coefficient (Wildman–Crippen LogP) is 3.35. The van der Waals surface area contributed by atoms with Crippen LogP contribution in [0.5, 0.6) is 0 Å². The molecule has 2 N–H and O–H groups in total. The third kappa shape index (κ3) is 7.13. The zero-order valence-electron chi connectivity index (χ0n) is 12.7. The van der Waals surface area contributed by atoms with E-state index >= 15 is 0 Å². The molecule has 1 aromatic carbocycles. The third-order valence-electron chi connectivity index (χ3n) is 3.15. The number of benzene rings is 1. The van der Waals surface area contributed by atoms with Gasteiger partial charge in [-0.05, 0) is 24.1 Å². The molecule has 0 fully saturated rings. The van der Waals surface area contributed by atoms with Gasteiger partial charge in [-0.15, -0.1) is 12.4 Å². The van der Waals surface area contributed by atoms with Gasteiger partial charge in [0.05, 0.1) is 5.56 Å². The summed E-state index contributed by atoms with van der Waals surface area (Å²) in [6, 6.07) is 5.13. The van der Waals surface area contributed by atoms with Crippen molar-refractivity contribution in [1.29, 1.82) is 0 Å². The van der Waals surface area contributed by atoms with Crippen LogP contribution in [0.2, 0.25) is 0 Å². The van der Waals surface area contributed by atoms with E-state index < -0.39 is 11.7 Å². The fourth-order valence-electron chi connectivity index (χ4n) is 1.96. The first kappa shape index (κ1) is 20.7. The highest BCUT2D eigenvalue weighted by atomic mass is 35.5. The van der Waals surface area contributed by atoms with Crippen LogP contribution in [0, 0.1) is 0 Å². The number of rotatable bonds is 7. The van der Waals surface area contributed by atoms with Crippen molar-refractivity contribution in [3.05, 3.63) is 35.4 Å². The molecule has 0 spiro atoms. The van der Waals surface area contributed by atoms with Crippen molar-refractivity contribution in [2.45, 2.75) is 32.4 Å². The highest BCUT2D eigenvalue weighted by Gasteiger charge is 2.30. The molecule has 0 aliphatic rings. The average Bonchev–Trinajstić information content (AvgIpc) is 2.43. The lowest BCUT2D eigenvalue weighted by molar-refractivity contribution is -0.137. The Morgan fingerprint density at radius 3 is 2.55 bits per heavy atom. The summed E-state index contributed by atoms with van der Waals surface area (Å²) in [7, 11) is 0. The van der Waals surface area contributed by atoms with E-state index in [-0.39, 0.29) is 30.7 Å². The maximum absolute atomic E-state index is 12.6. The molecule has 0 aliphatic heterocycles. The van der Waals surface area contributed by atoms with Crippen LogP contribution < -0.4 is 10.6 Å². The van der Waals surface area contributed by atoms with Gasteiger partial charge in [0, 0.05) is 19.5 Å². The first-order valence-electron chi connectivity index (χ1n) is 6.99. The molecule has 0 saturated heterocycles. The Bertz CT molecular complexity index is 466. The standard InChI is InChI=1S/C15H21F3N2O.ClH/c1-3-19-7-8-20-14(21)9-11(2)12-5-4-6-13(10-12)15(16,17)18;/h4-6,10-11,19H,3,7-9H2,1-2H3,(H,20,21);1H. The molecule has 0 saturated carbocycles. The highest BCUT2D eigenvalue weighted by molar-refractivity contribution is 5.85. The Kier molecular flexibility index (Phi) is 9.13. The molecule has 126 valence electrons. The molecule has 0 heterocycles. The van der Waals surface area contributed by atoms with E-state index in [0.717, 1.165) is 18.7 Å². The van der Waals surface area contributed by atoms with Crippen LogP contribution in [0.3, 0.4) is 0 Å².